The molecule has 0 rings (SSSR count). The standard InChI is InChI=1S/C29H57NO4/c1-6-7-8-9-10-11-12-13-14-15-18-21-26(2)22-19-16-17-20-23-29(33)34-27(24-28(31)32)25-30(3,4)5/h26-27H,6-25H2,1-5H3. The fraction of sp³-hybridized carbons (Fsp3) is 0.931. The lowest BCUT2D eigenvalue weighted by Gasteiger charge is -2.29. The van der Waals surface area contributed by atoms with Gasteiger partial charge in [-0.25, -0.2) is 0 Å². The summed E-state index contributed by atoms with van der Waals surface area (Å²) in [5.41, 5.74) is 0. The van der Waals surface area contributed by atoms with Crippen molar-refractivity contribution in [2.45, 2.75) is 142 Å². The molecule has 202 valence electrons. The van der Waals surface area contributed by atoms with Gasteiger partial charge in [-0.05, 0) is 12.3 Å². The van der Waals surface area contributed by atoms with Crippen LogP contribution in [0.1, 0.15) is 136 Å². The first-order valence-corrected chi connectivity index (χ1v) is 14.3. The molecule has 0 radical (unpaired) electrons. The van der Waals surface area contributed by atoms with Crippen molar-refractivity contribution in [1.29, 1.82) is 0 Å². The molecule has 0 saturated heterocycles. The molecule has 0 aromatic carbocycles. The summed E-state index contributed by atoms with van der Waals surface area (Å²) in [7, 11) is 5.86. The lowest BCUT2D eigenvalue weighted by Crippen LogP contribution is -2.45. The SMILES string of the molecule is CCCCCCCCCCCCCC(C)CCCCCCC(=O)OC(CC(=O)[O-])C[N+](C)(C)C. The second-order valence-corrected chi connectivity index (χ2v) is 11.5. The lowest BCUT2D eigenvalue weighted by molar-refractivity contribution is -0.873. The second kappa shape index (κ2) is 21.2. The van der Waals surface area contributed by atoms with Gasteiger partial charge in [-0.1, -0.05) is 117 Å². The molecule has 0 aliphatic heterocycles. The van der Waals surface area contributed by atoms with E-state index in [1.807, 2.05) is 21.1 Å². The van der Waals surface area contributed by atoms with E-state index in [2.05, 4.69) is 13.8 Å². The molecule has 0 fully saturated rings. The minimum absolute atomic E-state index is 0.238. The highest BCUT2D eigenvalue weighted by Gasteiger charge is 2.22. The van der Waals surface area contributed by atoms with Crippen molar-refractivity contribution in [2.75, 3.05) is 27.7 Å². The van der Waals surface area contributed by atoms with Crippen molar-refractivity contribution < 1.29 is 23.9 Å². The van der Waals surface area contributed by atoms with Crippen molar-refractivity contribution in [3.05, 3.63) is 0 Å². The van der Waals surface area contributed by atoms with Gasteiger partial charge in [0, 0.05) is 18.8 Å². The summed E-state index contributed by atoms with van der Waals surface area (Å²) in [5.74, 6) is -0.664. The van der Waals surface area contributed by atoms with E-state index >= 15 is 0 Å². The number of ether oxygens (including phenoxy) is 1. The monoisotopic (exact) mass is 483 g/mol. The zero-order chi connectivity index (χ0) is 25.7. The molecule has 0 aliphatic carbocycles. The average molecular weight is 484 g/mol. The molecule has 5 nitrogen and oxygen atoms in total. The number of quaternary nitrogens is 1. The maximum atomic E-state index is 12.1. The van der Waals surface area contributed by atoms with Crippen LogP contribution >= 0.6 is 0 Å². The van der Waals surface area contributed by atoms with Crippen LogP contribution in [0.2, 0.25) is 0 Å². The lowest BCUT2D eigenvalue weighted by atomic mass is 9.96. The Morgan fingerprint density at radius 2 is 1.18 bits per heavy atom. The van der Waals surface area contributed by atoms with Gasteiger partial charge in [-0.15, -0.1) is 0 Å². The third-order valence-corrected chi connectivity index (χ3v) is 6.57. The first-order chi connectivity index (χ1) is 16.1. The quantitative estimate of drug-likeness (QED) is 0.0902. The van der Waals surface area contributed by atoms with E-state index in [0.717, 1.165) is 25.2 Å². The van der Waals surface area contributed by atoms with Crippen LogP contribution in [-0.4, -0.2) is 50.2 Å². The molecule has 0 spiro atoms. The average Bonchev–Trinajstić information content (AvgIpc) is 2.72. The van der Waals surface area contributed by atoms with Crippen molar-refractivity contribution >= 4 is 11.9 Å². The summed E-state index contributed by atoms with van der Waals surface area (Å²) in [6, 6.07) is 0. The molecule has 0 aliphatic rings. The molecule has 5 heteroatoms. The van der Waals surface area contributed by atoms with Crippen LogP contribution in [0.15, 0.2) is 0 Å². The minimum Gasteiger partial charge on any atom is -0.550 e. The van der Waals surface area contributed by atoms with Crippen LogP contribution in [0.5, 0.6) is 0 Å². The van der Waals surface area contributed by atoms with E-state index in [0.29, 0.717) is 17.4 Å². The molecule has 0 N–H and O–H groups in total. The number of rotatable bonds is 24. The van der Waals surface area contributed by atoms with E-state index in [-0.39, 0.29) is 12.4 Å². The number of carboxylic acids is 1. The first kappa shape index (κ1) is 32.9. The Morgan fingerprint density at radius 3 is 1.62 bits per heavy atom. The van der Waals surface area contributed by atoms with Crippen molar-refractivity contribution in [3.63, 3.8) is 0 Å². The van der Waals surface area contributed by atoms with E-state index < -0.39 is 12.1 Å². The molecule has 0 aromatic heterocycles. The molecule has 0 amide bonds. The number of nitrogens with zero attached hydrogens (tertiary/aromatic N) is 1. The number of hydrogen-bond acceptors (Lipinski definition) is 4. The maximum absolute atomic E-state index is 12.1. The van der Waals surface area contributed by atoms with Crippen LogP contribution < -0.4 is 5.11 Å². The molecule has 2 atom stereocenters. The van der Waals surface area contributed by atoms with Crippen LogP contribution in [0.4, 0.5) is 0 Å². The number of carbonyl (C=O) groups is 2. The summed E-state index contributed by atoms with van der Waals surface area (Å²) < 4.78 is 5.96. The highest BCUT2D eigenvalue weighted by molar-refractivity contribution is 5.70. The summed E-state index contributed by atoms with van der Waals surface area (Å²) in [5, 5.41) is 10.9. The van der Waals surface area contributed by atoms with Crippen molar-refractivity contribution in [3.8, 4) is 0 Å². The maximum Gasteiger partial charge on any atom is 0.306 e. The molecule has 0 aromatic rings. The number of carboxylic acid groups (broad SMARTS) is 1. The third-order valence-electron chi connectivity index (χ3n) is 6.57. The Morgan fingerprint density at radius 1 is 0.735 bits per heavy atom. The Hall–Kier alpha value is -1.10. The molecule has 2 unspecified atom stereocenters. The van der Waals surface area contributed by atoms with Gasteiger partial charge in [-0.2, -0.15) is 0 Å². The molecule has 34 heavy (non-hydrogen) atoms. The predicted molar refractivity (Wildman–Crippen MR) is 140 cm³/mol. The Labute approximate surface area is 211 Å². The second-order valence-electron chi connectivity index (χ2n) is 11.5. The predicted octanol–water partition coefficient (Wildman–Crippen LogP) is 6.42. The van der Waals surface area contributed by atoms with Gasteiger partial charge in [0.1, 0.15) is 6.54 Å². The topological polar surface area (TPSA) is 66.4 Å². The van der Waals surface area contributed by atoms with Crippen LogP contribution in [0.25, 0.3) is 0 Å². The van der Waals surface area contributed by atoms with Gasteiger partial charge in [0.25, 0.3) is 0 Å². The van der Waals surface area contributed by atoms with Crippen LogP contribution in [0.3, 0.4) is 0 Å². The summed E-state index contributed by atoms with van der Waals surface area (Å²) in [6.07, 6.45) is 21.8. The van der Waals surface area contributed by atoms with Crippen molar-refractivity contribution in [1.82, 2.24) is 0 Å². The Bertz CT molecular complexity index is 501. The van der Waals surface area contributed by atoms with Crippen molar-refractivity contribution in [2.24, 2.45) is 5.92 Å². The molecule has 0 bridgehead atoms. The first-order valence-electron chi connectivity index (χ1n) is 14.3. The molecular formula is C29H57NO4. The van der Waals surface area contributed by atoms with E-state index in [1.165, 1.54) is 89.9 Å². The fourth-order valence-corrected chi connectivity index (χ4v) is 4.60. The smallest absolute Gasteiger partial charge is 0.306 e. The van der Waals surface area contributed by atoms with Gasteiger partial charge in [0.05, 0.1) is 21.1 Å². The number of carbonyl (C=O) groups excluding carboxylic acids is 2. The number of aliphatic carboxylic acids is 1. The van der Waals surface area contributed by atoms with Gasteiger partial charge in [-0.3, -0.25) is 4.79 Å². The van der Waals surface area contributed by atoms with Gasteiger partial charge in [0.15, 0.2) is 6.10 Å². The van der Waals surface area contributed by atoms with E-state index in [1.54, 1.807) is 0 Å². The Balaban J connectivity index is 3.62. The van der Waals surface area contributed by atoms with Gasteiger partial charge >= 0.3 is 5.97 Å². The number of esters is 1. The third kappa shape index (κ3) is 24.0. The van der Waals surface area contributed by atoms with Gasteiger partial charge in [0.2, 0.25) is 0 Å². The summed E-state index contributed by atoms with van der Waals surface area (Å²) in [6.45, 7) is 5.12. The van der Waals surface area contributed by atoms with Crippen LogP contribution in [0, 0.1) is 5.92 Å². The Kier molecular flexibility index (Phi) is 20.5. The highest BCUT2D eigenvalue weighted by Crippen LogP contribution is 2.19. The molecule has 0 heterocycles. The highest BCUT2D eigenvalue weighted by atomic mass is 16.5. The van der Waals surface area contributed by atoms with E-state index in [4.69, 9.17) is 4.74 Å². The number of hydrogen-bond donors (Lipinski definition) is 0. The summed E-state index contributed by atoms with van der Waals surface area (Å²) in [4.78, 5) is 23.0. The zero-order valence-electron chi connectivity index (χ0n) is 23.4. The summed E-state index contributed by atoms with van der Waals surface area (Å²) >= 11 is 0. The van der Waals surface area contributed by atoms with Crippen LogP contribution in [-0.2, 0) is 14.3 Å². The molecular weight excluding hydrogens is 426 g/mol. The zero-order valence-corrected chi connectivity index (χ0v) is 23.4. The minimum atomic E-state index is -1.17. The number of likely N-dealkylation sites (N-methyl/N-ethyl adjacent to an activating group) is 1. The van der Waals surface area contributed by atoms with Gasteiger partial charge < -0.3 is 19.1 Å². The largest absolute Gasteiger partial charge is 0.550 e. The fourth-order valence-electron chi connectivity index (χ4n) is 4.60. The normalized spacial score (nSPS) is 13.6. The molecule has 0 saturated carbocycles. The number of unbranched alkanes of at least 4 members (excludes halogenated alkanes) is 13. The van der Waals surface area contributed by atoms with E-state index in [9.17, 15) is 14.7 Å².